The van der Waals surface area contributed by atoms with Crippen LogP contribution < -0.4 is 9.64 Å². The van der Waals surface area contributed by atoms with Crippen LogP contribution in [0, 0.1) is 6.92 Å². The molecule has 0 amide bonds. The molecule has 0 atom stereocenters. The van der Waals surface area contributed by atoms with E-state index in [9.17, 15) is 14.4 Å². The van der Waals surface area contributed by atoms with Gasteiger partial charge in [0.25, 0.3) is 0 Å². The fourth-order valence-electron chi connectivity index (χ4n) is 5.21. The number of hydrogen-bond donors (Lipinski definition) is 0. The molecule has 0 bridgehead atoms. The number of ether oxygens (including phenoxy) is 3. The summed E-state index contributed by atoms with van der Waals surface area (Å²) in [6.07, 6.45) is 8.73. The van der Waals surface area contributed by atoms with E-state index >= 15 is 0 Å². The van der Waals surface area contributed by atoms with Crippen molar-refractivity contribution in [3.8, 4) is 5.75 Å². The number of esters is 3. The fraction of sp³-hybridized carbons (Fsp3) is 0.250. The Balaban J connectivity index is 1.29. The van der Waals surface area contributed by atoms with Crippen LogP contribution in [0.15, 0.2) is 160 Å². The number of benzene rings is 4. The van der Waals surface area contributed by atoms with E-state index in [-0.39, 0.29) is 0 Å². The number of unbranched alkanes of at least 4 members (excludes halogenated alkanes) is 4. The maximum atomic E-state index is 11.3. The fourth-order valence-corrected chi connectivity index (χ4v) is 5.21. The standard InChI is InChI=1S/C44H47N7O6/c1-5-42(52)55-30-12-8-10-28-51(29-11-9-13-31-56-43(53)6-2)39-23-18-36(19-24-39)47-49-38-22-27-41(33(4)32-38)50-48-35-16-14-34(15-17-35)45-46-37-20-25-40(26-21-37)57-44(54)7-3/h5-7,14-27,32H,1-3,8-13,28-31H2,4H3. The SMILES string of the molecule is C=CC(=O)OCCCCCN(CCCCCOC(=O)C=C)c1ccc(N=Nc2ccc(N=Nc3ccc(N=Nc4ccc(OC(=O)C=C)cc4)cc3)c(C)c2)cc1. The van der Waals surface area contributed by atoms with Crippen LogP contribution in [0.2, 0.25) is 0 Å². The van der Waals surface area contributed by atoms with Crippen LogP contribution >= 0.6 is 0 Å². The molecule has 0 saturated carbocycles. The lowest BCUT2D eigenvalue weighted by Crippen LogP contribution is -2.25. The van der Waals surface area contributed by atoms with Crippen molar-refractivity contribution in [1.29, 1.82) is 0 Å². The summed E-state index contributed by atoms with van der Waals surface area (Å²) in [5, 5.41) is 26.2. The van der Waals surface area contributed by atoms with Gasteiger partial charge in [0.1, 0.15) is 5.75 Å². The molecule has 294 valence electrons. The smallest absolute Gasteiger partial charge is 0.335 e. The normalized spacial score (nSPS) is 11.1. The van der Waals surface area contributed by atoms with Gasteiger partial charge in [-0.25, -0.2) is 14.4 Å². The Hall–Kier alpha value is -6.89. The molecule has 0 aliphatic carbocycles. The summed E-state index contributed by atoms with van der Waals surface area (Å²) in [7, 11) is 0. The third-order valence-electron chi connectivity index (χ3n) is 8.27. The van der Waals surface area contributed by atoms with Crippen molar-refractivity contribution in [2.75, 3.05) is 31.2 Å². The van der Waals surface area contributed by atoms with E-state index in [1.54, 1.807) is 48.5 Å². The van der Waals surface area contributed by atoms with Gasteiger partial charge in [-0.3, -0.25) is 0 Å². The van der Waals surface area contributed by atoms with Crippen LogP contribution in [0.25, 0.3) is 0 Å². The van der Waals surface area contributed by atoms with Crippen LogP contribution in [-0.2, 0) is 23.9 Å². The highest BCUT2D eigenvalue weighted by molar-refractivity contribution is 5.83. The molecule has 57 heavy (non-hydrogen) atoms. The highest BCUT2D eigenvalue weighted by atomic mass is 16.5. The summed E-state index contributed by atoms with van der Waals surface area (Å²) in [5.41, 5.74) is 6.00. The van der Waals surface area contributed by atoms with Crippen LogP contribution in [0.4, 0.5) is 39.8 Å². The molecule has 4 rings (SSSR count). The molecule has 0 aliphatic rings. The Bertz CT molecular complexity index is 2010. The zero-order valence-corrected chi connectivity index (χ0v) is 32.2. The monoisotopic (exact) mass is 769 g/mol. The average molecular weight is 770 g/mol. The molecule has 13 heteroatoms. The molecule has 0 heterocycles. The first-order chi connectivity index (χ1) is 27.8. The number of rotatable bonds is 23. The van der Waals surface area contributed by atoms with Crippen molar-refractivity contribution < 1.29 is 28.6 Å². The van der Waals surface area contributed by atoms with Gasteiger partial charge < -0.3 is 19.1 Å². The summed E-state index contributed by atoms with van der Waals surface area (Å²) >= 11 is 0. The van der Waals surface area contributed by atoms with Gasteiger partial charge in [-0.2, -0.15) is 30.7 Å². The van der Waals surface area contributed by atoms with Crippen LogP contribution in [0.5, 0.6) is 5.75 Å². The first-order valence-corrected chi connectivity index (χ1v) is 18.6. The maximum Gasteiger partial charge on any atom is 0.335 e. The number of azo groups is 3. The summed E-state index contributed by atoms with van der Waals surface area (Å²) in [4.78, 5) is 36.3. The predicted molar refractivity (Wildman–Crippen MR) is 221 cm³/mol. The first kappa shape index (κ1) is 42.8. The lowest BCUT2D eigenvalue weighted by atomic mass is 10.1. The first-order valence-electron chi connectivity index (χ1n) is 18.6. The molecule has 0 spiro atoms. The minimum Gasteiger partial charge on any atom is -0.463 e. The van der Waals surface area contributed by atoms with Gasteiger partial charge in [0, 0.05) is 37.0 Å². The number of carbonyl (C=O) groups is 3. The molecule has 0 N–H and O–H groups in total. The molecule has 0 saturated heterocycles. The molecular weight excluding hydrogens is 723 g/mol. The average Bonchev–Trinajstić information content (AvgIpc) is 3.24. The van der Waals surface area contributed by atoms with Gasteiger partial charge in [-0.1, -0.05) is 19.7 Å². The maximum absolute atomic E-state index is 11.3. The lowest BCUT2D eigenvalue weighted by molar-refractivity contribution is -0.138. The van der Waals surface area contributed by atoms with E-state index in [1.807, 2.05) is 49.4 Å². The third kappa shape index (κ3) is 15.8. The second-order valence-corrected chi connectivity index (χ2v) is 12.6. The van der Waals surface area contributed by atoms with Crippen LogP contribution in [0.1, 0.15) is 44.1 Å². The molecule has 13 nitrogen and oxygen atoms in total. The number of anilines is 1. The van der Waals surface area contributed by atoms with E-state index < -0.39 is 17.9 Å². The molecule has 0 fully saturated rings. The Morgan fingerprint density at radius 1 is 0.526 bits per heavy atom. The minimum absolute atomic E-state index is 0.378. The van der Waals surface area contributed by atoms with Crippen molar-refractivity contribution in [3.63, 3.8) is 0 Å². The van der Waals surface area contributed by atoms with E-state index in [0.717, 1.165) is 74.6 Å². The lowest BCUT2D eigenvalue weighted by Gasteiger charge is -2.25. The van der Waals surface area contributed by atoms with Crippen molar-refractivity contribution in [1.82, 2.24) is 0 Å². The van der Waals surface area contributed by atoms with E-state index in [1.165, 1.54) is 12.2 Å². The molecular formula is C44H47N7O6. The number of nitrogens with zero attached hydrogens (tertiary/aromatic N) is 7. The predicted octanol–water partition coefficient (Wildman–Crippen LogP) is 11.9. The topological polar surface area (TPSA) is 156 Å². The molecule has 4 aromatic carbocycles. The zero-order chi connectivity index (χ0) is 40.7. The van der Waals surface area contributed by atoms with E-state index in [4.69, 9.17) is 14.2 Å². The Morgan fingerprint density at radius 3 is 1.42 bits per heavy atom. The van der Waals surface area contributed by atoms with Gasteiger partial charge in [0.2, 0.25) is 0 Å². The zero-order valence-electron chi connectivity index (χ0n) is 32.2. The molecule has 4 aromatic rings. The number of hydrogen-bond acceptors (Lipinski definition) is 13. The Morgan fingerprint density at radius 2 is 0.947 bits per heavy atom. The number of carbonyl (C=O) groups excluding carboxylic acids is 3. The molecule has 0 aromatic heterocycles. The summed E-state index contributed by atoms with van der Waals surface area (Å²) < 4.78 is 15.3. The molecule has 0 aliphatic heterocycles. The quantitative estimate of drug-likeness (QED) is 0.0239. The van der Waals surface area contributed by atoms with E-state index in [0.29, 0.717) is 47.4 Å². The summed E-state index contributed by atoms with van der Waals surface area (Å²) in [6.45, 7) is 14.6. The van der Waals surface area contributed by atoms with Crippen molar-refractivity contribution >= 4 is 57.7 Å². The van der Waals surface area contributed by atoms with Gasteiger partial charge in [0.05, 0.1) is 47.3 Å². The second-order valence-electron chi connectivity index (χ2n) is 12.6. The van der Waals surface area contributed by atoms with Gasteiger partial charge in [0.15, 0.2) is 0 Å². The van der Waals surface area contributed by atoms with Gasteiger partial charge in [-0.15, -0.1) is 0 Å². The molecule has 0 unspecified atom stereocenters. The third-order valence-corrected chi connectivity index (χ3v) is 8.27. The Kier molecular flexibility index (Phi) is 17.9. The van der Waals surface area contributed by atoms with Gasteiger partial charge >= 0.3 is 17.9 Å². The highest BCUT2D eigenvalue weighted by Crippen LogP contribution is 2.29. The largest absolute Gasteiger partial charge is 0.463 e. The van der Waals surface area contributed by atoms with Crippen molar-refractivity contribution in [3.05, 3.63) is 135 Å². The van der Waals surface area contributed by atoms with E-state index in [2.05, 4.69) is 55.3 Å². The van der Waals surface area contributed by atoms with Crippen LogP contribution in [-0.4, -0.2) is 44.2 Å². The van der Waals surface area contributed by atoms with Crippen molar-refractivity contribution in [2.24, 2.45) is 30.7 Å². The number of aryl methyl sites for hydroxylation is 1. The van der Waals surface area contributed by atoms with Crippen LogP contribution in [0.3, 0.4) is 0 Å². The van der Waals surface area contributed by atoms with Gasteiger partial charge in [-0.05, 0) is 142 Å². The van der Waals surface area contributed by atoms with Crippen molar-refractivity contribution in [2.45, 2.75) is 45.4 Å². The summed E-state index contributed by atoms with van der Waals surface area (Å²) in [6, 6.07) is 27.4. The second kappa shape index (κ2) is 23.8. The highest BCUT2D eigenvalue weighted by Gasteiger charge is 2.08. The minimum atomic E-state index is -0.529. The Labute approximate surface area is 333 Å². The summed E-state index contributed by atoms with van der Waals surface area (Å²) in [5.74, 6) is -0.938. The molecule has 0 radical (unpaired) electrons.